The molecule has 1 amide bonds. The highest BCUT2D eigenvalue weighted by atomic mass is 127. The Balaban J connectivity index is 0.00000364. The van der Waals surface area contributed by atoms with Crippen LogP contribution in [0.4, 0.5) is 0 Å². The molecule has 2 rings (SSSR count). The number of guanidine groups is 1. The lowest BCUT2D eigenvalue weighted by Gasteiger charge is -2.24. The van der Waals surface area contributed by atoms with Gasteiger partial charge in [-0.15, -0.1) is 35.3 Å². The van der Waals surface area contributed by atoms with Crippen molar-refractivity contribution in [2.45, 2.75) is 26.2 Å². The number of hydrogen-bond acceptors (Lipinski definition) is 5. The minimum absolute atomic E-state index is 0. The van der Waals surface area contributed by atoms with Gasteiger partial charge in [-0.3, -0.25) is 9.79 Å². The van der Waals surface area contributed by atoms with E-state index >= 15 is 0 Å². The van der Waals surface area contributed by atoms with Gasteiger partial charge in [0.2, 0.25) is 0 Å². The summed E-state index contributed by atoms with van der Waals surface area (Å²) in [5.41, 5.74) is -0.0498. The minimum atomic E-state index is -0.0498. The van der Waals surface area contributed by atoms with Crippen molar-refractivity contribution in [2.75, 3.05) is 46.0 Å². The lowest BCUT2D eigenvalue weighted by molar-refractivity contribution is 0.0957. The summed E-state index contributed by atoms with van der Waals surface area (Å²) < 4.78 is 5.51. The van der Waals surface area contributed by atoms with Gasteiger partial charge >= 0.3 is 0 Å². The third-order valence-corrected chi connectivity index (χ3v) is 5.29. The average Bonchev–Trinajstić information content (AvgIpc) is 3.32. The number of amides is 1. The Bertz CT molecular complexity index is 563. The third-order valence-electron chi connectivity index (χ3n) is 4.42. The average molecular weight is 510 g/mol. The van der Waals surface area contributed by atoms with Crippen molar-refractivity contribution < 1.29 is 14.6 Å². The highest BCUT2D eigenvalue weighted by molar-refractivity contribution is 14.0. The van der Waals surface area contributed by atoms with Gasteiger partial charge in [0.05, 0.1) is 18.0 Å². The van der Waals surface area contributed by atoms with E-state index in [0.717, 1.165) is 43.4 Å². The number of aliphatic hydroxyl groups excluding tert-OH is 1. The second-order valence-corrected chi connectivity index (χ2v) is 7.43. The molecule has 7 nitrogen and oxygen atoms in total. The number of halogens is 1. The standard InChI is InChI=1S/C18H30N4O3S.HI/c1-2-19-17(22-13-18(6-10-23)7-11-25-14-18)21-9-4-8-20-16(24)15-5-3-12-26-15;/h3,5,12,23H,2,4,6-11,13-14H2,1H3,(H,20,24)(H2,19,21,22);1H. The quantitative estimate of drug-likeness (QED) is 0.167. The van der Waals surface area contributed by atoms with Gasteiger partial charge in [0.1, 0.15) is 0 Å². The molecular formula is C18H31IN4O3S. The summed E-state index contributed by atoms with van der Waals surface area (Å²) in [6, 6.07) is 3.70. The summed E-state index contributed by atoms with van der Waals surface area (Å²) in [6.45, 7) is 6.34. The fourth-order valence-corrected chi connectivity index (χ4v) is 3.51. The molecule has 154 valence electrons. The third kappa shape index (κ3) is 8.32. The summed E-state index contributed by atoms with van der Waals surface area (Å²) in [6.07, 6.45) is 2.46. The molecule has 27 heavy (non-hydrogen) atoms. The molecule has 1 fully saturated rings. The Morgan fingerprint density at radius 3 is 2.81 bits per heavy atom. The van der Waals surface area contributed by atoms with Crippen LogP contribution in [0.1, 0.15) is 35.9 Å². The predicted octanol–water partition coefficient (Wildman–Crippen LogP) is 1.83. The number of ether oxygens (including phenoxy) is 1. The van der Waals surface area contributed by atoms with Crippen LogP contribution in [0, 0.1) is 5.41 Å². The minimum Gasteiger partial charge on any atom is -0.396 e. The van der Waals surface area contributed by atoms with Crippen LogP contribution in [0.2, 0.25) is 0 Å². The molecule has 1 aromatic heterocycles. The normalized spacial score (nSPS) is 19.4. The van der Waals surface area contributed by atoms with Crippen LogP contribution < -0.4 is 16.0 Å². The van der Waals surface area contributed by atoms with E-state index in [4.69, 9.17) is 4.74 Å². The topological polar surface area (TPSA) is 95.0 Å². The molecule has 0 aromatic carbocycles. The molecule has 4 N–H and O–H groups in total. The van der Waals surface area contributed by atoms with Crippen molar-refractivity contribution in [3.05, 3.63) is 22.4 Å². The summed E-state index contributed by atoms with van der Waals surface area (Å²) >= 11 is 1.44. The summed E-state index contributed by atoms with van der Waals surface area (Å²) in [5.74, 6) is 0.744. The molecule has 1 aromatic rings. The van der Waals surface area contributed by atoms with Crippen LogP contribution in [0.3, 0.4) is 0 Å². The molecular weight excluding hydrogens is 479 g/mol. The van der Waals surface area contributed by atoms with Crippen molar-refractivity contribution in [1.29, 1.82) is 0 Å². The molecule has 0 spiro atoms. The summed E-state index contributed by atoms with van der Waals surface area (Å²) in [5, 5.41) is 20.7. The predicted molar refractivity (Wildman–Crippen MR) is 120 cm³/mol. The fourth-order valence-electron chi connectivity index (χ4n) is 2.87. The number of thiophene rings is 1. The molecule has 0 aliphatic carbocycles. The number of aliphatic hydroxyl groups is 1. The number of hydrogen-bond donors (Lipinski definition) is 4. The van der Waals surface area contributed by atoms with Gasteiger partial charge in [-0.1, -0.05) is 6.07 Å². The molecule has 1 aliphatic rings. The molecule has 9 heteroatoms. The SMILES string of the molecule is CCNC(=NCC1(CCO)CCOC1)NCCCNC(=O)c1cccs1.I. The summed E-state index contributed by atoms with van der Waals surface area (Å²) in [4.78, 5) is 17.3. The Morgan fingerprint density at radius 2 is 2.19 bits per heavy atom. The van der Waals surface area contributed by atoms with Crippen molar-refractivity contribution in [2.24, 2.45) is 10.4 Å². The Morgan fingerprint density at radius 1 is 1.37 bits per heavy atom. The van der Waals surface area contributed by atoms with Gasteiger partial charge in [-0.25, -0.2) is 0 Å². The van der Waals surface area contributed by atoms with Gasteiger partial charge < -0.3 is 25.8 Å². The van der Waals surface area contributed by atoms with Gasteiger partial charge in [-0.2, -0.15) is 0 Å². The van der Waals surface area contributed by atoms with Crippen molar-refractivity contribution in [3.8, 4) is 0 Å². The molecule has 1 saturated heterocycles. The Labute approximate surface area is 182 Å². The zero-order valence-electron chi connectivity index (χ0n) is 15.8. The van der Waals surface area contributed by atoms with E-state index < -0.39 is 0 Å². The van der Waals surface area contributed by atoms with Crippen molar-refractivity contribution in [1.82, 2.24) is 16.0 Å². The van der Waals surface area contributed by atoms with E-state index in [0.29, 0.717) is 26.1 Å². The maximum Gasteiger partial charge on any atom is 0.261 e. The number of carbonyl (C=O) groups excluding carboxylic acids is 1. The second kappa shape index (κ2) is 13.3. The molecule has 0 bridgehead atoms. The first-order valence-electron chi connectivity index (χ1n) is 9.21. The molecule has 2 heterocycles. The van der Waals surface area contributed by atoms with E-state index in [9.17, 15) is 9.90 Å². The van der Waals surface area contributed by atoms with E-state index in [1.165, 1.54) is 11.3 Å². The van der Waals surface area contributed by atoms with E-state index in [1.54, 1.807) is 0 Å². The number of nitrogens with one attached hydrogen (secondary N) is 3. The maximum atomic E-state index is 11.9. The first kappa shape index (κ1) is 24.1. The second-order valence-electron chi connectivity index (χ2n) is 6.48. The largest absolute Gasteiger partial charge is 0.396 e. The monoisotopic (exact) mass is 510 g/mol. The van der Waals surface area contributed by atoms with Gasteiger partial charge in [0.25, 0.3) is 5.91 Å². The van der Waals surface area contributed by atoms with Gasteiger partial charge in [0, 0.05) is 38.3 Å². The van der Waals surface area contributed by atoms with Crippen LogP contribution in [-0.4, -0.2) is 63.0 Å². The van der Waals surface area contributed by atoms with Crippen LogP contribution >= 0.6 is 35.3 Å². The summed E-state index contributed by atoms with van der Waals surface area (Å²) in [7, 11) is 0. The zero-order valence-corrected chi connectivity index (χ0v) is 19.0. The van der Waals surface area contributed by atoms with E-state index in [2.05, 4.69) is 20.9 Å². The molecule has 1 atom stereocenters. The van der Waals surface area contributed by atoms with Crippen LogP contribution in [0.5, 0.6) is 0 Å². The number of carbonyl (C=O) groups is 1. The molecule has 1 aliphatic heterocycles. The lowest BCUT2D eigenvalue weighted by Crippen LogP contribution is -2.40. The molecule has 0 radical (unpaired) electrons. The smallest absolute Gasteiger partial charge is 0.261 e. The Hall–Kier alpha value is -0.910. The van der Waals surface area contributed by atoms with Crippen molar-refractivity contribution >= 4 is 47.2 Å². The van der Waals surface area contributed by atoms with Gasteiger partial charge in [0.15, 0.2) is 5.96 Å². The number of aliphatic imine (C=N–C) groups is 1. The maximum absolute atomic E-state index is 11.9. The molecule has 1 unspecified atom stereocenters. The van der Waals surface area contributed by atoms with Crippen molar-refractivity contribution in [3.63, 3.8) is 0 Å². The highest BCUT2D eigenvalue weighted by Gasteiger charge is 2.34. The fraction of sp³-hybridized carbons (Fsp3) is 0.667. The zero-order chi connectivity index (χ0) is 18.7. The number of rotatable bonds is 10. The Kier molecular flexibility index (Phi) is 11.9. The lowest BCUT2D eigenvalue weighted by atomic mass is 9.84. The highest BCUT2D eigenvalue weighted by Crippen LogP contribution is 2.32. The van der Waals surface area contributed by atoms with Crippen LogP contribution in [0.15, 0.2) is 22.5 Å². The first-order chi connectivity index (χ1) is 12.7. The van der Waals surface area contributed by atoms with Crippen LogP contribution in [0.25, 0.3) is 0 Å². The van der Waals surface area contributed by atoms with Crippen LogP contribution in [-0.2, 0) is 4.74 Å². The van der Waals surface area contributed by atoms with E-state index in [-0.39, 0.29) is 41.9 Å². The van der Waals surface area contributed by atoms with E-state index in [1.807, 2.05) is 24.4 Å². The molecule has 0 saturated carbocycles. The van der Waals surface area contributed by atoms with Gasteiger partial charge in [-0.05, 0) is 37.6 Å². The first-order valence-corrected chi connectivity index (χ1v) is 10.1. The number of nitrogens with zero attached hydrogens (tertiary/aromatic N) is 1.